The highest BCUT2D eigenvalue weighted by Gasteiger charge is 2.53. The zero-order valence-corrected chi connectivity index (χ0v) is 20.0. The van der Waals surface area contributed by atoms with Crippen LogP contribution in [0.4, 0.5) is 4.79 Å². The van der Waals surface area contributed by atoms with E-state index in [1.54, 1.807) is 15.7 Å². The molecule has 0 spiro atoms. The Morgan fingerprint density at radius 2 is 1.81 bits per heavy atom. The fourth-order valence-corrected chi connectivity index (χ4v) is 6.63. The third kappa shape index (κ3) is 3.51. The normalized spacial score (nSPS) is 24.3. The van der Waals surface area contributed by atoms with Gasteiger partial charge >= 0.3 is 11.8 Å². The van der Waals surface area contributed by atoms with E-state index in [2.05, 4.69) is 16.0 Å². The molecule has 36 heavy (non-hydrogen) atoms. The maximum absolute atomic E-state index is 13.2. The average molecular weight is 484 g/mol. The van der Waals surface area contributed by atoms with Gasteiger partial charge in [-0.25, -0.2) is 14.6 Å². The maximum Gasteiger partial charge on any atom is 0.408 e. The number of pyridine rings is 2. The number of fused-ring (bicyclic) bond motifs is 2. The van der Waals surface area contributed by atoms with Crippen molar-refractivity contribution in [3.8, 4) is 0 Å². The monoisotopic (exact) mass is 483 g/mol. The summed E-state index contributed by atoms with van der Waals surface area (Å²) in [6.45, 7) is 0.326. The van der Waals surface area contributed by atoms with Gasteiger partial charge in [-0.05, 0) is 61.4 Å². The molecule has 4 heterocycles. The number of benzene rings is 1. The number of likely N-dealkylation sites (tertiary alicyclic amines) is 1. The number of nitrogens with one attached hydrogen (secondary N) is 1. The van der Waals surface area contributed by atoms with E-state index in [0.29, 0.717) is 25.0 Å². The van der Waals surface area contributed by atoms with E-state index in [-0.39, 0.29) is 17.6 Å². The van der Waals surface area contributed by atoms with Crippen LogP contribution in [0.25, 0.3) is 11.2 Å². The predicted molar refractivity (Wildman–Crippen MR) is 136 cm³/mol. The number of H-pyrrole nitrogens is 1. The lowest BCUT2D eigenvalue weighted by Gasteiger charge is -2.53. The minimum absolute atomic E-state index is 0.128. The molecule has 2 N–H and O–H groups in total. The fourth-order valence-electron chi connectivity index (χ4n) is 6.63. The molecule has 1 fully saturated rings. The van der Waals surface area contributed by atoms with E-state index >= 15 is 0 Å². The first-order valence-electron chi connectivity index (χ1n) is 12.6. The van der Waals surface area contributed by atoms with Crippen LogP contribution in [0.1, 0.15) is 60.9 Å². The van der Waals surface area contributed by atoms with E-state index in [1.165, 1.54) is 5.56 Å². The van der Waals surface area contributed by atoms with Gasteiger partial charge in [0.2, 0.25) is 0 Å². The molecule has 8 heteroatoms. The van der Waals surface area contributed by atoms with E-state index in [1.807, 2.05) is 54.7 Å². The van der Waals surface area contributed by atoms with E-state index in [0.717, 1.165) is 42.5 Å². The van der Waals surface area contributed by atoms with E-state index in [9.17, 15) is 14.7 Å². The van der Waals surface area contributed by atoms with Gasteiger partial charge in [0.25, 0.3) is 0 Å². The molecule has 1 saturated heterocycles. The Balaban J connectivity index is 1.58. The summed E-state index contributed by atoms with van der Waals surface area (Å²) in [5, 5.41) is 10.5. The maximum atomic E-state index is 13.2. The van der Waals surface area contributed by atoms with Gasteiger partial charge in [0.15, 0.2) is 5.65 Å². The second kappa shape index (κ2) is 8.93. The Hall–Kier alpha value is -3.94. The molecule has 1 aliphatic carbocycles. The van der Waals surface area contributed by atoms with E-state index in [4.69, 9.17) is 4.98 Å². The smallest absolute Gasteiger partial charge is 0.408 e. The van der Waals surface area contributed by atoms with Gasteiger partial charge in [0, 0.05) is 36.6 Å². The lowest BCUT2D eigenvalue weighted by Crippen LogP contribution is -2.57. The molecule has 2 aliphatic rings. The van der Waals surface area contributed by atoms with Gasteiger partial charge in [-0.15, -0.1) is 0 Å². The molecule has 1 aliphatic heterocycles. The van der Waals surface area contributed by atoms with Gasteiger partial charge in [-0.1, -0.05) is 42.8 Å². The zero-order chi connectivity index (χ0) is 24.7. The number of nitrogens with zero attached hydrogens (tertiary/aromatic N) is 4. The predicted octanol–water partition coefficient (Wildman–Crippen LogP) is 4.84. The number of aromatic nitrogens is 4. The molecule has 3 atom stereocenters. The third-order valence-corrected chi connectivity index (χ3v) is 8.10. The lowest BCUT2D eigenvalue weighted by atomic mass is 9.67. The van der Waals surface area contributed by atoms with Crippen molar-refractivity contribution in [2.45, 2.75) is 56.0 Å². The first-order chi connectivity index (χ1) is 17.6. The van der Waals surface area contributed by atoms with Crippen molar-refractivity contribution in [2.24, 2.45) is 0 Å². The first-order valence-corrected chi connectivity index (χ1v) is 12.6. The summed E-state index contributed by atoms with van der Waals surface area (Å²) in [6.07, 6.45) is 7.38. The summed E-state index contributed by atoms with van der Waals surface area (Å²) in [6, 6.07) is 17.6. The molecule has 0 radical (unpaired) electrons. The molecule has 6 rings (SSSR count). The SMILES string of the molecule is O=C(O)N1CC[C@@H](n2c(=O)[nH]c3ncccc32)C[C@]1(c1ccccc1)C1CCCCc2cccnc21. The number of imidazole rings is 1. The number of carbonyl (C=O) groups is 1. The Labute approximate surface area is 208 Å². The van der Waals surface area contributed by atoms with Crippen LogP contribution in [0.15, 0.2) is 71.8 Å². The summed E-state index contributed by atoms with van der Waals surface area (Å²) in [5.74, 6) is -0.128. The van der Waals surface area contributed by atoms with Crippen molar-refractivity contribution < 1.29 is 9.90 Å². The van der Waals surface area contributed by atoms with E-state index < -0.39 is 11.6 Å². The van der Waals surface area contributed by atoms with Crippen molar-refractivity contribution in [1.29, 1.82) is 0 Å². The van der Waals surface area contributed by atoms with Gasteiger partial charge in [-0.2, -0.15) is 0 Å². The molecular weight excluding hydrogens is 454 g/mol. The zero-order valence-electron chi connectivity index (χ0n) is 20.0. The Morgan fingerprint density at radius 1 is 1.00 bits per heavy atom. The molecule has 3 aromatic heterocycles. The fraction of sp³-hybridized carbons (Fsp3) is 0.357. The van der Waals surface area contributed by atoms with Gasteiger partial charge in [0.1, 0.15) is 0 Å². The van der Waals surface area contributed by atoms with Crippen molar-refractivity contribution >= 4 is 17.3 Å². The Morgan fingerprint density at radius 3 is 2.64 bits per heavy atom. The number of hydrogen-bond acceptors (Lipinski definition) is 4. The lowest BCUT2D eigenvalue weighted by molar-refractivity contribution is 0.00405. The average Bonchev–Trinajstić information content (AvgIpc) is 3.09. The van der Waals surface area contributed by atoms with Crippen LogP contribution in [0.2, 0.25) is 0 Å². The van der Waals surface area contributed by atoms with Crippen LogP contribution in [0.3, 0.4) is 0 Å². The quantitative estimate of drug-likeness (QED) is 0.406. The summed E-state index contributed by atoms with van der Waals surface area (Å²) in [4.78, 5) is 39.7. The third-order valence-electron chi connectivity index (χ3n) is 8.10. The van der Waals surface area contributed by atoms with Gasteiger partial charge in [0.05, 0.1) is 11.1 Å². The molecule has 1 aromatic carbocycles. The Kier molecular flexibility index (Phi) is 5.59. The van der Waals surface area contributed by atoms with Crippen molar-refractivity contribution in [1.82, 2.24) is 24.4 Å². The van der Waals surface area contributed by atoms with Crippen molar-refractivity contribution in [3.63, 3.8) is 0 Å². The highest BCUT2D eigenvalue weighted by atomic mass is 16.4. The highest BCUT2D eigenvalue weighted by Crippen LogP contribution is 2.53. The van der Waals surface area contributed by atoms with Crippen molar-refractivity contribution in [3.05, 3.63) is 94.3 Å². The number of amides is 1. The largest absolute Gasteiger partial charge is 0.465 e. The standard InChI is InChI=1S/C28H29N5O3/c34-26-31-25-23(13-7-16-30-25)33(26)21-14-17-32(27(35)36)28(18-21,20-10-2-1-3-11-20)22-12-5-4-8-19-9-6-15-29-24(19)22/h1-3,6-7,9-11,13,15-16,21-22H,4-5,8,12,14,17-18H2,(H,35,36)(H,30,31,34)/t21-,22?,28+/m1/s1. The number of aryl methyl sites for hydroxylation is 1. The Bertz CT molecular complexity index is 1460. The molecule has 4 aromatic rings. The van der Waals surface area contributed by atoms with Crippen LogP contribution in [0, 0.1) is 0 Å². The van der Waals surface area contributed by atoms with Gasteiger partial charge < -0.3 is 5.11 Å². The molecule has 0 saturated carbocycles. The van der Waals surface area contributed by atoms with Crippen LogP contribution in [0.5, 0.6) is 0 Å². The number of carboxylic acid groups (broad SMARTS) is 1. The summed E-state index contributed by atoms with van der Waals surface area (Å²) < 4.78 is 1.79. The summed E-state index contributed by atoms with van der Waals surface area (Å²) >= 11 is 0. The molecule has 0 bridgehead atoms. The van der Waals surface area contributed by atoms with Gasteiger partial charge in [-0.3, -0.25) is 19.4 Å². The first kappa shape index (κ1) is 22.5. The number of aromatic amines is 1. The highest BCUT2D eigenvalue weighted by molar-refractivity contribution is 5.71. The minimum atomic E-state index is -0.938. The van der Waals surface area contributed by atoms with Crippen molar-refractivity contribution in [2.75, 3.05) is 6.54 Å². The van der Waals surface area contributed by atoms with Crippen LogP contribution >= 0.6 is 0 Å². The number of piperidine rings is 1. The number of hydrogen-bond donors (Lipinski definition) is 2. The summed E-state index contributed by atoms with van der Waals surface area (Å²) in [7, 11) is 0. The van der Waals surface area contributed by atoms with Crippen LogP contribution in [-0.2, 0) is 12.0 Å². The second-order valence-corrected chi connectivity index (χ2v) is 9.89. The van der Waals surface area contributed by atoms with Crippen LogP contribution in [-0.4, -0.2) is 42.2 Å². The molecule has 184 valence electrons. The van der Waals surface area contributed by atoms with Crippen LogP contribution < -0.4 is 5.69 Å². The molecule has 1 unspecified atom stereocenters. The second-order valence-electron chi connectivity index (χ2n) is 9.89. The topological polar surface area (TPSA) is 104 Å². The minimum Gasteiger partial charge on any atom is -0.465 e. The molecule has 1 amide bonds. The number of rotatable bonds is 3. The molecular formula is C28H29N5O3. The molecule has 8 nitrogen and oxygen atoms in total. The summed E-state index contributed by atoms with van der Waals surface area (Å²) in [5.41, 5.74) is 3.35.